The number of hydrogen-bond acceptors (Lipinski definition) is 3. The zero-order chi connectivity index (χ0) is 17.6. The van der Waals surface area contributed by atoms with E-state index in [1.165, 1.54) is 11.6 Å². The highest BCUT2D eigenvalue weighted by Crippen LogP contribution is 2.26. The third-order valence-electron chi connectivity index (χ3n) is 4.87. The van der Waals surface area contributed by atoms with Crippen LogP contribution in [-0.4, -0.2) is 42.5 Å². The van der Waals surface area contributed by atoms with Gasteiger partial charge in [-0.1, -0.05) is 48.5 Å². The maximum atomic E-state index is 13.0. The Bertz CT molecular complexity index is 655. The Hall–Kier alpha value is -1.82. The fourth-order valence-corrected chi connectivity index (χ4v) is 3.47. The van der Waals surface area contributed by atoms with Gasteiger partial charge in [-0.2, -0.15) is 0 Å². The van der Waals surface area contributed by atoms with Gasteiger partial charge < -0.3 is 5.73 Å². The molecule has 1 aliphatic rings. The molecule has 1 fully saturated rings. The van der Waals surface area contributed by atoms with Gasteiger partial charge in [-0.15, -0.1) is 0 Å². The molecule has 0 saturated carbocycles. The van der Waals surface area contributed by atoms with Crippen molar-refractivity contribution >= 4 is 0 Å². The number of rotatable bonds is 6. The van der Waals surface area contributed by atoms with Crippen LogP contribution in [0.3, 0.4) is 0 Å². The van der Waals surface area contributed by atoms with Gasteiger partial charge in [-0.05, 0) is 17.2 Å². The maximum Gasteiger partial charge on any atom is 0.263 e. The first-order valence-corrected chi connectivity index (χ1v) is 8.76. The van der Waals surface area contributed by atoms with Crippen molar-refractivity contribution < 1.29 is 8.78 Å². The Morgan fingerprint density at radius 2 is 1.56 bits per heavy atom. The van der Waals surface area contributed by atoms with Crippen molar-refractivity contribution in [1.29, 1.82) is 0 Å². The minimum atomic E-state index is -2.44. The molecule has 0 bridgehead atoms. The molecule has 0 amide bonds. The van der Waals surface area contributed by atoms with Crippen LogP contribution in [0.5, 0.6) is 0 Å². The van der Waals surface area contributed by atoms with E-state index in [0.29, 0.717) is 6.54 Å². The van der Waals surface area contributed by atoms with Crippen molar-refractivity contribution in [3.8, 4) is 0 Å². The second-order valence-corrected chi connectivity index (χ2v) is 6.52. The molecule has 0 spiro atoms. The van der Waals surface area contributed by atoms with Gasteiger partial charge in [0.25, 0.3) is 6.43 Å². The number of piperazine rings is 1. The van der Waals surface area contributed by atoms with E-state index in [1.54, 1.807) is 12.1 Å². The van der Waals surface area contributed by atoms with Crippen molar-refractivity contribution in [2.75, 3.05) is 32.7 Å². The van der Waals surface area contributed by atoms with Crippen LogP contribution < -0.4 is 5.73 Å². The molecule has 3 nitrogen and oxygen atoms in total. The lowest BCUT2D eigenvalue weighted by atomic mass is 10.0. The molecule has 1 aliphatic heterocycles. The molecule has 1 unspecified atom stereocenters. The van der Waals surface area contributed by atoms with E-state index in [0.717, 1.165) is 38.3 Å². The molecule has 25 heavy (non-hydrogen) atoms. The fraction of sp³-hybridized carbons (Fsp3) is 0.400. The van der Waals surface area contributed by atoms with E-state index in [9.17, 15) is 8.78 Å². The number of benzene rings is 2. The Morgan fingerprint density at radius 3 is 2.20 bits per heavy atom. The van der Waals surface area contributed by atoms with E-state index >= 15 is 0 Å². The van der Waals surface area contributed by atoms with Gasteiger partial charge in [0.15, 0.2) is 0 Å². The van der Waals surface area contributed by atoms with Crippen LogP contribution in [0.15, 0.2) is 54.6 Å². The second-order valence-electron chi connectivity index (χ2n) is 6.52. The monoisotopic (exact) mass is 345 g/mol. The van der Waals surface area contributed by atoms with Crippen LogP contribution in [0.25, 0.3) is 0 Å². The predicted molar refractivity (Wildman–Crippen MR) is 96.5 cm³/mol. The molecule has 0 aliphatic carbocycles. The Morgan fingerprint density at radius 1 is 0.880 bits per heavy atom. The predicted octanol–water partition coefficient (Wildman–Crippen LogP) is 3.44. The molecular weight excluding hydrogens is 320 g/mol. The molecule has 2 aromatic carbocycles. The average Bonchev–Trinajstić information content (AvgIpc) is 2.65. The zero-order valence-electron chi connectivity index (χ0n) is 14.3. The summed E-state index contributed by atoms with van der Waals surface area (Å²) in [6.07, 6.45) is -2.44. The van der Waals surface area contributed by atoms with Crippen molar-refractivity contribution in [3.05, 3.63) is 71.3 Å². The Balaban J connectivity index is 1.61. The maximum absolute atomic E-state index is 13.0. The molecule has 1 atom stereocenters. The van der Waals surface area contributed by atoms with Gasteiger partial charge in [0, 0.05) is 50.9 Å². The zero-order valence-corrected chi connectivity index (χ0v) is 14.3. The molecule has 3 rings (SSSR count). The van der Waals surface area contributed by atoms with Gasteiger partial charge >= 0.3 is 0 Å². The number of hydrogen-bond donors (Lipinski definition) is 1. The molecule has 134 valence electrons. The van der Waals surface area contributed by atoms with Gasteiger partial charge in [0.2, 0.25) is 0 Å². The summed E-state index contributed by atoms with van der Waals surface area (Å²) in [6, 6.07) is 17.1. The van der Waals surface area contributed by atoms with E-state index in [2.05, 4.69) is 34.1 Å². The fourth-order valence-electron chi connectivity index (χ4n) is 3.47. The van der Waals surface area contributed by atoms with Gasteiger partial charge in [-0.25, -0.2) is 8.78 Å². The Labute approximate surface area is 148 Å². The SMILES string of the molecule is NCC(c1cccc(C(F)F)c1)N1CCN(Cc2ccccc2)CC1. The van der Waals surface area contributed by atoms with Crippen LogP contribution in [0.1, 0.15) is 29.2 Å². The molecule has 2 N–H and O–H groups in total. The lowest BCUT2D eigenvalue weighted by Gasteiger charge is -2.39. The summed E-state index contributed by atoms with van der Waals surface area (Å²) in [5.74, 6) is 0. The molecule has 0 aromatic heterocycles. The summed E-state index contributed by atoms with van der Waals surface area (Å²) in [5, 5.41) is 0. The Kier molecular flexibility index (Phi) is 6.13. The van der Waals surface area contributed by atoms with E-state index < -0.39 is 6.43 Å². The third kappa shape index (κ3) is 4.63. The first kappa shape index (κ1) is 18.0. The summed E-state index contributed by atoms with van der Waals surface area (Å²) >= 11 is 0. The van der Waals surface area contributed by atoms with Crippen molar-refractivity contribution in [2.24, 2.45) is 5.73 Å². The lowest BCUT2D eigenvalue weighted by Crippen LogP contribution is -2.48. The van der Waals surface area contributed by atoms with E-state index in [4.69, 9.17) is 5.73 Å². The summed E-state index contributed by atoms with van der Waals surface area (Å²) in [7, 11) is 0. The van der Waals surface area contributed by atoms with Crippen molar-refractivity contribution in [3.63, 3.8) is 0 Å². The normalized spacial score (nSPS) is 17.8. The summed E-state index contributed by atoms with van der Waals surface area (Å²) in [4.78, 5) is 4.74. The van der Waals surface area contributed by atoms with E-state index in [1.807, 2.05) is 12.1 Å². The number of nitrogens with zero attached hydrogens (tertiary/aromatic N) is 2. The topological polar surface area (TPSA) is 32.5 Å². The molecule has 5 heteroatoms. The highest BCUT2D eigenvalue weighted by Gasteiger charge is 2.24. The summed E-state index contributed by atoms with van der Waals surface area (Å²) in [6.45, 7) is 5.09. The molecular formula is C20H25F2N3. The van der Waals surface area contributed by atoms with Crippen LogP contribution in [0.2, 0.25) is 0 Å². The minimum absolute atomic E-state index is 0.00225. The first-order valence-electron chi connectivity index (χ1n) is 8.76. The third-order valence-corrected chi connectivity index (χ3v) is 4.87. The van der Waals surface area contributed by atoms with Crippen LogP contribution in [-0.2, 0) is 6.54 Å². The van der Waals surface area contributed by atoms with Crippen LogP contribution in [0.4, 0.5) is 8.78 Å². The van der Waals surface area contributed by atoms with Crippen molar-refractivity contribution in [2.45, 2.75) is 19.0 Å². The van der Waals surface area contributed by atoms with Gasteiger partial charge in [0.1, 0.15) is 0 Å². The van der Waals surface area contributed by atoms with Gasteiger partial charge in [0.05, 0.1) is 0 Å². The number of halogens is 2. The summed E-state index contributed by atoms with van der Waals surface area (Å²) < 4.78 is 25.9. The average molecular weight is 345 g/mol. The first-order chi connectivity index (χ1) is 12.2. The second kappa shape index (κ2) is 8.52. The molecule has 2 aromatic rings. The molecule has 0 radical (unpaired) electrons. The van der Waals surface area contributed by atoms with Crippen LogP contribution in [0, 0.1) is 0 Å². The quantitative estimate of drug-likeness (QED) is 0.870. The molecule has 1 heterocycles. The number of nitrogens with two attached hydrogens (primary N) is 1. The summed E-state index contributed by atoms with van der Waals surface area (Å²) in [5.41, 5.74) is 8.25. The van der Waals surface area contributed by atoms with Crippen molar-refractivity contribution in [1.82, 2.24) is 9.80 Å². The lowest BCUT2D eigenvalue weighted by molar-refractivity contribution is 0.0938. The standard InChI is InChI=1S/C20H25F2N3/c21-20(22)18-8-4-7-17(13-18)19(14-23)25-11-9-24(10-12-25)15-16-5-2-1-3-6-16/h1-8,13,19-20H,9-12,14-15,23H2. The van der Waals surface area contributed by atoms with E-state index in [-0.39, 0.29) is 11.6 Å². The van der Waals surface area contributed by atoms with Crippen LogP contribution >= 0.6 is 0 Å². The molecule has 1 saturated heterocycles. The minimum Gasteiger partial charge on any atom is -0.329 e. The highest BCUT2D eigenvalue weighted by molar-refractivity contribution is 5.27. The highest BCUT2D eigenvalue weighted by atomic mass is 19.3. The van der Waals surface area contributed by atoms with Gasteiger partial charge in [-0.3, -0.25) is 9.80 Å². The number of alkyl halides is 2. The largest absolute Gasteiger partial charge is 0.329 e. The smallest absolute Gasteiger partial charge is 0.263 e.